The molecule has 0 bridgehead atoms. The Morgan fingerprint density at radius 3 is 2.56 bits per heavy atom. The molecule has 0 unspecified atom stereocenters. The molecule has 0 atom stereocenters. The van der Waals surface area contributed by atoms with Gasteiger partial charge in [-0.05, 0) is 30.3 Å². The predicted molar refractivity (Wildman–Crippen MR) is 91.1 cm³/mol. The second-order valence-corrected chi connectivity index (χ2v) is 5.76. The van der Waals surface area contributed by atoms with Crippen molar-refractivity contribution in [3.05, 3.63) is 77.0 Å². The summed E-state index contributed by atoms with van der Waals surface area (Å²) in [7, 11) is 0. The van der Waals surface area contributed by atoms with Crippen LogP contribution in [0.15, 0.2) is 54.9 Å². The van der Waals surface area contributed by atoms with Gasteiger partial charge in [0.15, 0.2) is 5.82 Å². The van der Waals surface area contributed by atoms with Gasteiger partial charge in [-0.15, -0.1) is 0 Å². The van der Waals surface area contributed by atoms with Crippen LogP contribution in [0.25, 0.3) is 5.82 Å². The van der Waals surface area contributed by atoms with E-state index in [0.717, 1.165) is 6.07 Å². The van der Waals surface area contributed by atoms with E-state index >= 15 is 0 Å². The summed E-state index contributed by atoms with van der Waals surface area (Å²) < 4.78 is 53.0. The normalized spacial score (nSPS) is 11.3. The fraction of sp³-hybridized carbons (Fsp3) is 0.0588. The minimum atomic E-state index is -4.59. The van der Waals surface area contributed by atoms with Gasteiger partial charge in [0.1, 0.15) is 11.5 Å². The van der Waals surface area contributed by atoms with E-state index in [0.29, 0.717) is 6.20 Å². The molecule has 0 saturated carbocycles. The number of halogens is 5. The molecule has 140 valence electrons. The van der Waals surface area contributed by atoms with Gasteiger partial charge in [0, 0.05) is 12.4 Å². The van der Waals surface area contributed by atoms with E-state index in [-0.39, 0.29) is 22.2 Å². The molecule has 0 aliphatic heterocycles. The Kier molecular flexibility index (Phi) is 5.04. The van der Waals surface area contributed by atoms with Crippen LogP contribution in [0.3, 0.4) is 0 Å². The first kappa shape index (κ1) is 18.7. The van der Waals surface area contributed by atoms with E-state index in [4.69, 9.17) is 11.6 Å². The lowest BCUT2D eigenvalue weighted by Crippen LogP contribution is -2.31. The molecule has 0 radical (unpaired) electrons. The standard InChI is InChI=1S/C17H11ClF4N4O/c18-11-8-10(17(20,21)22)9-23-15(11)26-7-3-6-14(26)16(27)25-24-13-5-2-1-4-12(13)19/h1-9,24H,(H,25,27). The molecule has 27 heavy (non-hydrogen) atoms. The van der Waals surface area contributed by atoms with Crippen LogP contribution in [0.4, 0.5) is 23.2 Å². The number of nitrogens with one attached hydrogen (secondary N) is 2. The Morgan fingerprint density at radius 1 is 1.15 bits per heavy atom. The summed E-state index contributed by atoms with van der Waals surface area (Å²) >= 11 is 5.92. The molecule has 3 aromatic rings. The topological polar surface area (TPSA) is 59.0 Å². The maximum Gasteiger partial charge on any atom is 0.417 e. The molecule has 1 aromatic carbocycles. The second-order valence-electron chi connectivity index (χ2n) is 5.35. The van der Waals surface area contributed by atoms with E-state index in [1.165, 1.54) is 41.1 Å². The lowest BCUT2D eigenvalue weighted by Gasteiger charge is -2.13. The fourth-order valence-electron chi connectivity index (χ4n) is 2.26. The minimum Gasteiger partial charge on any atom is -0.295 e. The van der Waals surface area contributed by atoms with Gasteiger partial charge < -0.3 is 0 Å². The van der Waals surface area contributed by atoms with Gasteiger partial charge in [0.2, 0.25) is 0 Å². The average molecular weight is 399 g/mol. The highest BCUT2D eigenvalue weighted by molar-refractivity contribution is 6.32. The summed E-state index contributed by atoms with van der Waals surface area (Å²) in [6, 6.07) is 9.33. The SMILES string of the molecule is O=C(NNc1ccccc1F)c1cccn1-c1ncc(C(F)(F)F)cc1Cl. The van der Waals surface area contributed by atoms with Crippen LogP contribution in [-0.2, 0) is 6.18 Å². The smallest absolute Gasteiger partial charge is 0.295 e. The number of hydrazine groups is 1. The summed E-state index contributed by atoms with van der Waals surface area (Å²) in [5.41, 5.74) is 3.82. The highest BCUT2D eigenvalue weighted by Crippen LogP contribution is 2.32. The van der Waals surface area contributed by atoms with Crippen molar-refractivity contribution in [3.8, 4) is 5.82 Å². The first-order valence-electron chi connectivity index (χ1n) is 7.48. The first-order valence-corrected chi connectivity index (χ1v) is 7.86. The highest BCUT2D eigenvalue weighted by atomic mass is 35.5. The van der Waals surface area contributed by atoms with Crippen LogP contribution >= 0.6 is 11.6 Å². The third kappa shape index (κ3) is 4.03. The molecule has 0 aliphatic carbocycles. The van der Waals surface area contributed by atoms with Crippen molar-refractivity contribution < 1.29 is 22.4 Å². The quantitative estimate of drug-likeness (QED) is 0.504. The van der Waals surface area contributed by atoms with E-state index in [2.05, 4.69) is 15.8 Å². The molecular formula is C17H11ClF4N4O. The van der Waals surface area contributed by atoms with E-state index in [1.807, 2.05) is 0 Å². The molecule has 5 nitrogen and oxygen atoms in total. The Labute approximate surface area is 155 Å². The van der Waals surface area contributed by atoms with Crippen molar-refractivity contribution in [1.82, 2.24) is 15.0 Å². The molecule has 0 spiro atoms. The number of carbonyl (C=O) groups is 1. The summed E-state index contributed by atoms with van der Waals surface area (Å²) in [6.45, 7) is 0. The molecule has 3 rings (SSSR count). The monoisotopic (exact) mass is 398 g/mol. The van der Waals surface area contributed by atoms with E-state index in [9.17, 15) is 22.4 Å². The minimum absolute atomic E-state index is 0.0352. The summed E-state index contributed by atoms with van der Waals surface area (Å²) in [5.74, 6) is -1.28. The highest BCUT2D eigenvalue weighted by Gasteiger charge is 2.32. The lowest BCUT2D eigenvalue weighted by molar-refractivity contribution is -0.137. The number of para-hydroxylation sites is 1. The second kappa shape index (κ2) is 7.28. The van der Waals surface area contributed by atoms with Gasteiger partial charge in [-0.3, -0.25) is 20.2 Å². The van der Waals surface area contributed by atoms with E-state index in [1.54, 1.807) is 6.07 Å². The summed E-state index contributed by atoms with van der Waals surface area (Å²) in [5, 5.41) is -0.280. The van der Waals surface area contributed by atoms with Gasteiger partial charge in [-0.25, -0.2) is 9.37 Å². The lowest BCUT2D eigenvalue weighted by atomic mass is 10.2. The van der Waals surface area contributed by atoms with Crippen molar-refractivity contribution in [2.45, 2.75) is 6.18 Å². The zero-order chi connectivity index (χ0) is 19.6. The van der Waals surface area contributed by atoms with Gasteiger partial charge in [0.25, 0.3) is 5.91 Å². The summed E-state index contributed by atoms with van der Waals surface area (Å²) in [4.78, 5) is 16.1. The Balaban J connectivity index is 1.84. The maximum atomic E-state index is 13.6. The largest absolute Gasteiger partial charge is 0.417 e. The number of anilines is 1. The van der Waals surface area contributed by atoms with Crippen molar-refractivity contribution in [1.29, 1.82) is 0 Å². The van der Waals surface area contributed by atoms with Crippen molar-refractivity contribution in [3.63, 3.8) is 0 Å². The third-order valence-electron chi connectivity index (χ3n) is 3.54. The van der Waals surface area contributed by atoms with Crippen molar-refractivity contribution in [2.75, 3.05) is 5.43 Å². The molecular weight excluding hydrogens is 388 g/mol. The number of alkyl halides is 3. The van der Waals surface area contributed by atoms with Crippen LogP contribution in [0.1, 0.15) is 16.1 Å². The molecule has 2 aromatic heterocycles. The fourth-order valence-corrected chi connectivity index (χ4v) is 2.52. The average Bonchev–Trinajstić information content (AvgIpc) is 3.09. The maximum absolute atomic E-state index is 13.6. The number of aromatic nitrogens is 2. The third-order valence-corrected chi connectivity index (χ3v) is 3.82. The molecule has 2 N–H and O–H groups in total. The van der Waals surface area contributed by atoms with Crippen LogP contribution in [0.2, 0.25) is 5.02 Å². The number of pyridine rings is 1. The van der Waals surface area contributed by atoms with Crippen LogP contribution in [-0.4, -0.2) is 15.5 Å². The molecule has 0 saturated heterocycles. The first-order chi connectivity index (χ1) is 12.8. The number of carbonyl (C=O) groups excluding carboxylic acids is 1. The van der Waals surface area contributed by atoms with Gasteiger partial charge in [0.05, 0.1) is 16.3 Å². The van der Waals surface area contributed by atoms with Crippen molar-refractivity contribution >= 4 is 23.2 Å². The zero-order valence-electron chi connectivity index (χ0n) is 13.4. The Bertz CT molecular complexity index is 987. The van der Waals surface area contributed by atoms with Crippen molar-refractivity contribution in [2.24, 2.45) is 0 Å². The van der Waals surface area contributed by atoms with Crippen LogP contribution in [0, 0.1) is 5.82 Å². The Hall–Kier alpha value is -3.07. The molecule has 0 fully saturated rings. The van der Waals surface area contributed by atoms with Crippen LogP contribution in [0.5, 0.6) is 0 Å². The number of hydrogen-bond acceptors (Lipinski definition) is 3. The van der Waals surface area contributed by atoms with Gasteiger partial charge in [-0.2, -0.15) is 13.2 Å². The van der Waals surface area contributed by atoms with Crippen LogP contribution < -0.4 is 10.9 Å². The molecule has 2 heterocycles. The molecule has 10 heteroatoms. The summed E-state index contributed by atoms with van der Waals surface area (Å²) in [6.07, 6.45) is -2.55. The number of rotatable bonds is 4. The molecule has 0 aliphatic rings. The number of amides is 1. The number of hydrogen-bond donors (Lipinski definition) is 2. The zero-order valence-corrected chi connectivity index (χ0v) is 14.1. The van der Waals surface area contributed by atoms with E-state index < -0.39 is 23.5 Å². The van der Waals surface area contributed by atoms with Gasteiger partial charge >= 0.3 is 6.18 Å². The Morgan fingerprint density at radius 2 is 1.89 bits per heavy atom. The number of nitrogens with zero attached hydrogens (tertiary/aromatic N) is 2. The number of benzene rings is 1. The van der Waals surface area contributed by atoms with Gasteiger partial charge in [-0.1, -0.05) is 23.7 Å². The predicted octanol–water partition coefficient (Wildman–Crippen LogP) is 4.44. The molecule has 1 amide bonds.